The molecule has 11 heteroatoms. The molecule has 0 unspecified atom stereocenters. The van der Waals surface area contributed by atoms with Crippen molar-refractivity contribution < 1.29 is 22.0 Å². The number of anilines is 3. The molecule has 208 valence electrons. The monoisotopic (exact) mass is 557 g/mol. The summed E-state index contributed by atoms with van der Waals surface area (Å²) in [5.41, 5.74) is 3.38. The molecule has 3 aromatic rings. The van der Waals surface area contributed by atoms with Crippen LogP contribution in [0.25, 0.3) is 10.9 Å². The first-order chi connectivity index (χ1) is 18.4. The number of carbonyl (C=O) groups excluding carboxylic acids is 1. The molecule has 1 aromatic heterocycles. The molecule has 0 atom stereocenters. The summed E-state index contributed by atoms with van der Waals surface area (Å²) < 4.78 is 54.0. The van der Waals surface area contributed by atoms with E-state index in [1.807, 2.05) is 17.2 Å². The summed E-state index contributed by atoms with van der Waals surface area (Å²) in [5, 5.41) is 8.33. The van der Waals surface area contributed by atoms with Crippen LogP contribution in [0.5, 0.6) is 0 Å². The highest BCUT2D eigenvalue weighted by atomic mass is 32.2. The summed E-state index contributed by atoms with van der Waals surface area (Å²) in [4.78, 5) is 17.9. The van der Waals surface area contributed by atoms with Crippen molar-refractivity contribution in [1.29, 1.82) is 0 Å². The van der Waals surface area contributed by atoms with Gasteiger partial charge in [0.25, 0.3) is 11.8 Å². The van der Waals surface area contributed by atoms with Crippen molar-refractivity contribution in [3.05, 3.63) is 42.1 Å². The van der Waals surface area contributed by atoms with Crippen LogP contribution >= 0.6 is 0 Å². The van der Waals surface area contributed by atoms with Crippen molar-refractivity contribution in [3.8, 4) is 0 Å². The van der Waals surface area contributed by atoms with Gasteiger partial charge in [0, 0.05) is 69.6 Å². The van der Waals surface area contributed by atoms with Crippen LogP contribution in [0.4, 0.5) is 25.8 Å². The number of aryl methyl sites for hydroxylation is 1. The number of carbonyl (C=O) groups is 1. The second-order valence-corrected chi connectivity index (χ2v) is 13.5. The molecule has 6 rings (SSSR count). The Labute approximate surface area is 226 Å². The van der Waals surface area contributed by atoms with Crippen LogP contribution in [-0.2, 0) is 16.9 Å². The van der Waals surface area contributed by atoms with Crippen molar-refractivity contribution in [2.75, 3.05) is 47.6 Å². The fourth-order valence-electron chi connectivity index (χ4n) is 5.92. The predicted molar refractivity (Wildman–Crippen MR) is 148 cm³/mol. The van der Waals surface area contributed by atoms with E-state index < -0.39 is 15.8 Å². The number of nitrogens with zero attached hydrogens (tertiary/aromatic N) is 4. The van der Waals surface area contributed by atoms with Crippen LogP contribution < -0.4 is 15.1 Å². The van der Waals surface area contributed by atoms with Crippen LogP contribution in [0.15, 0.2) is 41.4 Å². The van der Waals surface area contributed by atoms with Gasteiger partial charge in [-0.15, -0.1) is 0 Å². The van der Waals surface area contributed by atoms with Crippen LogP contribution in [0.3, 0.4) is 0 Å². The molecule has 2 saturated heterocycles. The zero-order chi connectivity index (χ0) is 27.6. The van der Waals surface area contributed by atoms with Crippen molar-refractivity contribution in [3.63, 3.8) is 0 Å². The number of alkyl halides is 2. The molecule has 3 aliphatic rings. The Morgan fingerprint density at radius 1 is 0.923 bits per heavy atom. The van der Waals surface area contributed by atoms with E-state index in [0.717, 1.165) is 31.3 Å². The molecule has 1 aliphatic carbocycles. The second-order valence-electron chi connectivity index (χ2n) is 11.5. The van der Waals surface area contributed by atoms with E-state index in [1.54, 1.807) is 29.9 Å². The lowest BCUT2D eigenvalue weighted by Gasteiger charge is -2.35. The summed E-state index contributed by atoms with van der Waals surface area (Å²) >= 11 is 0. The molecular weight excluding hydrogens is 524 g/mol. The summed E-state index contributed by atoms with van der Waals surface area (Å²) in [6, 6.07) is 8.28. The number of halogens is 2. The molecule has 2 aliphatic heterocycles. The Bertz CT molecular complexity index is 1540. The average molecular weight is 558 g/mol. The lowest BCUT2D eigenvalue weighted by atomic mass is 9.93. The summed E-state index contributed by atoms with van der Waals surface area (Å²) in [7, 11) is -1.65. The Morgan fingerprint density at radius 2 is 1.56 bits per heavy atom. The van der Waals surface area contributed by atoms with Crippen molar-refractivity contribution in [2.45, 2.75) is 49.3 Å². The number of piperidine rings is 2. The van der Waals surface area contributed by atoms with Gasteiger partial charge in [-0.1, -0.05) is 0 Å². The van der Waals surface area contributed by atoms with Gasteiger partial charge in [0.2, 0.25) is 0 Å². The highest BCUT2D eigenvalue weighted by molar-refractivity contribution is 7.90. The molecule has 0 radical (unpaired) electrons. The van der Waals surface area contributed by atoms with Gasteiger partial charge < -0.3 is 15.1 Å². The minimum absolute atomic E-state index is 0.182. The molecular formula is C28H33F2N5O3S. The quantitative estimate of drug-likeness (QED) is 0.483. The fraction of sp³-hybridized carbons (Fsp3) is 0.500. The predicted octanol–water partition coefficient (Wildman–Crippen LogP) is 4.85. The number of hydrogen-bond donors (Lipinski definition) is 1. The van der Waals surface area contributed by atoms with E-state index in [9.17, 15) is 22.0 Å². The standard InChI is InChI=1S/C28H33F2N5O3S/c1-33-18-19-15-20(16-24(25(19)32-33)35-13-9-28(29,30)10-14-35)31-26(36)22-4-3-21(39(2,37)38)17-23(22)34-11-7-27(5-6-27)8-12-34/h3-4,15-18H,5-14H2,1-2H3,(H,31,36). The molecule has 1 amide bonds. The Kier molecular flexibility index (Phi) is 6.13. The first kappa shape index (κ1) is 26.0. The van der Waals surface area contributed by atoms with Gasteiger partial charge in [0.1, 0.15) is 5.52 Å². The Hall–Kier alpha value is -3.21. The molecule has 3 fully saturated rings. The molecule has 2 aromatic carbocycles. The Morgan fingerprint density at radius 3 is 2.21 bits per heavy atom. The number of fused-ring (bicyclic) bond motifs is 1. The van der Waals surface area contributed by atoms with E-state index in [-0.39, 0.29) is 36.7 Å². The number of hydrogen-bond acceptors (Lipinski definition) is 6. The fourth-order valence-corrected chi connectivity index (χ4v) is 6.56. The summed E-state index contributed by atoms with van der Waals surface area (Å²) in [6.07, 6.45) is 7.09. The maximum Gasteiger partial charge on any atom is 0.257 e. The van der Waals surface area contributed by atoms with Gasteiger partial charge in [-0.3, -0.25) is 9.48 Å². The van der Waals surface area contributed by atoms with Crippen molar-refractivity contribution in [1.82, 2.24) is 9.78 Å². The number of aromatic nitrogens is 2. The van der Waals surface area contributed by atoms with Crippen LogP contribution in [0.2, 0.25) is 0 Å². The first-order valence-electron chi connectivity index (χ1n) is 13.4. The highest BCUT2D eigenvalue weighted by Gasteiger charge is 2.44. The van der Waals surface area contributed by atoms with E-state index in [0.29, 0.717) is 33.6 Å². The number of nitrogens with one attached hydrogen (secondary N) is 1. The topological polar surface area (TPSA) is 87.5 Å². The molecule has 3 heterocycles. The third-order valence-electron chi connectivity index (χ3n) is 8.56. The number of benzene rings is 2. The molecule has 1 N–H and O–H groups in total. The minimum atomic E-state index is -3.45. The van der Waals surface area contributed by atoms with Gasteiger partial charge >= 0.3 is 0 Å². The van der Waals surface area contributed by atoms with E-state index >= 15 is 0 Å². The van der Waals surface area contributed by atoms with Gasteiger partial charge in [-0.2, -0.15) is 5.10 Å². The number of amides is 1. The van der Waals surface area contributed by atoms with E-state index in [1.165, 1.54) is 25.2 Å². The average Bonchev–Trinajstić information content (AvgIpc) is 3.52. The lowest BCUT2D eigenvalue weighted by molar-refractivity contribution is -0.0220. The van der Waals surface area contributed by atoms with Gasteiger partial charge in [-0.05, 0) is 61.4 Å². The Balaban J connectivity index is 1.32. The maximum absolute atomic E-state index is 13.8. The zero-order valence-corrected chi connectivity index (χ0v) is 23.0. The van der Waals surface area contributed by atoms with E-state index in [2.05, 4.69) is 15.3 Å². The smallest absolute Gasteiger partial charge is 0.257 e. The van der Waals surface area contributed by atoms with Gasteiger partial charge in [-0.25, -0.2) is 17.2 Å². The minimum Gasteiger partial charge on any atom is -0.371 e. The summed E-state index contributed by atoms with van der Waals surface area (Å²) in [5.74, 6) is -3.02. The van der Waals surface area contributed by atoms with Crippen molar-refractivity contribution in [2.24, 2.45) is 12.5 Å². The number of sulfone groups is 1. The van der Waals surface area contributed by atoms with E-state index in [4.69, 9.17) is 0 Å². The van der Waals surface area contributed by atoms with Crippen LogP contribution in [-0.4, -0.2) is 62.5 Å². The van der Waals surface area contributed by atoms with Gasteiger partial charge in [0.15, 0.2) is 9.84 Å². The number of rotatable bonds is 5. The van der Waals surface area contributed by atoms with Crippen LogP contribution in [0, 0.1) is 5.41 Å². The third-order valence-corrected chi connectivity index (χ3v) is 9.67. The maximum atomic E-state index is 13.8. The normalized spacial score (nSPS) is 20.4. The first-order valence-corrected chi connectivity index (χ1v) is 15.3. The summed E-state index contributed by atoms with van der Waals surface area (Å²) in [6.45, 7) is 1.95. The largest absolute Gasteiger partial charge is 0.371 e. The molecule has 39 heavy (non-hydrogen) atoms. The molecule has 0 bridgehead atoms. The molecule has 1 saturated carbocycles. The van der Waals surface area contributed by atoms with Crippen LogP contribution in [0.1, 0.15) is 48.9 Å². The highest BCUT2D eigenvalue weighted by Crippen LogP contribution is 2.54. The van der Waals surface area contributed by atoms with Gasteiger partial charge in [0.05, 0.1) is 21.8 Å². The second kappa shape index (κ2) is 9.18. The lowest BCUT2D eigenvalue weighted by Crippen LogP contribution is -2.39. The van der Waals surface area contributed by atoms with Crippen molar-refractivity contribution >= 4 is 43.7 Å². The SMILES string of the molecule is Cn1cc2cc(NC(=O)c3ccc(S(C)(=O)=O)cc3N3CCC4(CC3)CC4)cc(N3CCC(F)(F)CC3)c2n1. The molecule has 1 spiro atoms. The molecule has 8 nitrogen and oxygen atoms in total. The zero-order valence-electron chi connectivity index (χ0n) is 22.2. The third kappa shape index (κ3) is 5.20.